The Bertz CT molecular complexity index is 1050. The van der Waals surface area contributed by atoms with E-state index in [2.05, 4.69) is 20.9 Å². The molecule has 190 valence electrons. The molecule has 1 heterocycles. The number of halogens is 1. The maximum atomic E-state index is 15.0. The van der Waals surface area contributed by atoms with Gasteiger partial charge in [0.1, 0.15) is 11.4 Å². The second-order valence-electron chi connectivity index (χ2n) is 10.5. The fourth-order valence-corrected chi connectivity index (χ4v) is 4.18. The van der Waals surface area contributed by atoms with Crippen molar-refractivity contribution in [1.29, 1.82) is 0 Å². The van der Waals surface area contributed by atoms with Gasteiger partial charge in [-0.3, -0.25) is 4.79 Å². The highest BCUT2D eigenvalue weighted by Crippen LogP contribution is 2.26. The van der Waals surface area contributed by atoms with Crippen molar-refractivity contribution < 1.29 is 18.7 Å². The Kier molecular flexibility index (Phi) is 7.87. The lowest BCUT2D eigenvalue weighted by atomic mass is 9.90. The number of hydrogen-bond donors (Lipinski definition) is 4. The third-order valence-electron chi connectivity index (χ3n) is 5.96. The minimum absolute atomic E-state index is 0.0378. The number of aromatic nitrogens is 1. The molecule has 1 fully saturated rings. The second kappa shape index (κ2) is 10.5. The molecule has 9 heteroatoms. The van der Waals surface area contributed by atoms with Gasteiger partial charge in [-0.1, -0.05) is 43.2 Å². The smallest absolute Gasteiger partial charge is 0.407 e. The molecule has 0 spiro atoms. The van der Waals surface area contributed by atoms with Gasteiger partial charge in [0.05, 0.1) is 17.1 Å². The van der Waals surface area contributed by atoms with Crippen LogP contribution in [-0.4, -0.2) is 34.7 Å². The number of nitrogens with zero attached hydrogens (tertiary/aromatic N) is 1. The van der Waals surface area contributed by atoms with E-state index in [0.717, 1.165) is 37.3 Å². The molecule has 1 aliphatic rings. The first kappa shape index (κ1) is 26.2. The summed E-state index contributed by atoms with van der Waals surface area (Å²) < 4.78 is 20.4. The number of anilines is 2. The fraction of sp³-hybridized carbons (Fsp3) is 0.500. The van der Waals surface area contributed by atoms with Gasteiger partial charge in [0.15, 0.2) is 11.6 Å². The van der Waals surface area contributed by atoms with Crippen molar-refractivity contribution in [1.82, 2.24) is 15.6 Å². The Balaban J connectivity index is 1.73. The van der Waals surface area contributed by atoms with E-state index in [4.69, 9.17) is 10.5 Å². The normalized spacial score (nSPS) is 18.5. The number of pyridine rings is 1. The quantitative estimate of drug-likeness (QED) is 0.470. The Hall–Kier alpha value is -3.36. The molecular weight excluding hydrogens is 449 g/mol. The summed E-state index contributed by atoms with van der Waals surface area (Å²) in [6.07, 6.45) is 2.79. The van der Waals surface area contributed by atoms with Gasteiger partial charge >= 0.3 is 6.09 Å². The molecule has 2 amide bonds. The topological polar surface area (TPSA) is 118 Å². The number of rotatable bonds is 6. The molecular formula is C26H36FN5O3. The van der Waals surface area contributed by atoms with Gasteiger partial charge in [0.2, 0.25) is 0 Å². The maximum Gasteiger partial charge on any atom is 0.407 e. The summed E-state index contributed by atoms with van der Waals surface area (Å²) in [7, 11) is 0. The minimum atomic E-state index is -0.694. The van der Waals surface area contributed by atoms with Gasteiger partial charge in [-0.05, 0) is 59.1 Å². The predicted octanol–water partition coefficient (Wildman–Crippen LogP) is 4.72. The van der Waals surface area contributed by atoms with Crippen molar-refractivity contribution in [3.8, 4) is 0 Å². The molecule has 1 aromatic heterocycles. The van der Waals surface area contributed by atoms with E-state index in [1.165, 1.54) is 0 Å². The molecule has 2 atom stereocenters. The highest BCUT2D eigenvalue weighted by Gasteiger charge is 2.30. The first-order valence-corrected chi connectivity index (χ1v) is 12.0. The van der Waals surface area contributed by atoms with E-state index >= 15 is 4.39 Å². The fourth-order valence-electron chi connectivity index (χ4n) is 4.18. The average molecular weight is 486 g/mol. The van der Waals surface area contributed by atoms with Gasteiger partial charge in [0, 0.05) is 6.04 Å². The minimum Gasteiger partial charge on any atom is -0.444 e. The molecule has 3 rings (SSSR count). The van der Waals surface area contributed by atoms with Crippen molar-refractivity contribution in [2.24, 2.45) is 0 Å². The van der Waals surface area contributed by atoms with E-state index in [9.17, 15) is 9.59 Å². The highest BCUT2D eigenvalue weighted by atomic mass is 19.1. The van der Waals surface area contributed by atoms with Crippen LogP contribution in [-0.2, 0) is 10.3 Å². The molecule has 5 N–H and O–H groups in total. The molecule has 0 unspecified atom stereocenters. The van der Waals surface area contributed by atoms with E-state index < -0.39 is 29.0 Å². The Morgan fingerprint density at radius 3 is 2.31 bits per heavy atom. The number of nitrogen functional groups attached to an aromatic ring is 1. The molecule has 1 aromatic carbocycles. The average Bonchev–Trinajstić information content (AvgIpc) is 2.76. The van der Waals surface area contributed by atoms with Gasteiger partial charge in [-0.2, -0.15) is 0 Å². The third-order valence-corrected chi connectivity index (χ3v) is 5.96. The number of alkyl carbamates (subject to hydrolysis) is 1. The van der Waals surface area contributed by atoms with Crippen molar-refractivity contribution in [2.75, 3.05) is 11.1 Å². The second-order valence-corrected chi connectivity index (χ2v) is 10.5. The molecule has 0 radical (unpaired) electrons. The SMILES string of the molecule is CC(C)(C)OC(=O)N[C@@H]1CCCC[C@@H]1Nc1nc(N)c(C(=O)NC(C)(C)c2ccccc2)cc1F. The zero-order valence-electron chi connectivity index (χ0n) is 21.1. The molecule has 2 aromatic rings. The Morgan fingerprint density at radius 1 is 1.06 bits per heavy atom. The molecule has 0 saturated heterocycles. The van der Waals surface area contributed by atoms with E-state index in [1.54, 1.807) is 20.8 Å². The molecule has 0 aliphatic heterocycles. The van der Waals surface area contributed by atoms with Crippen molar-refractivity contribution in [3.05, 3.63) is 53.3 Å². The van der Waals surface area contributed by atoms with Crippen LogP contribution in [0, 0.1) is 5.82 Å². The number of amides is 2. The molecule has 1 saturated carbocycles. The van der Waals surface area contributed by atoms with Crippen LogP contribution in [0.25, 0.3) is 0 Å². The Morgan fingerprint density at radius 2 is 1.69 bits per heavy atom. The summed E-state index contributed by atoms with van der Waals surface area (Å²) in [5, 5.41) is 8.86. The monoisotopic (exact) mass is 485 g/mol. The molecule has 35 heavy (non-hydrogen) atoms. The van der Waals surface area contributed by atoms with Crippen LogP contribution >= 0.6 is 0 Å². The van der Waals surface area contributed by atoms with Crippen LogP contribution in [0.15, 0.2) is 36.4 Å². The van der Waals surface area contributed by atoms with E-state index in [1.807, 2.05) is 44.2 Å². The standard InChI is InChI=1S/C26H36FN5O3/c1-25(2,3)35-24(34)30-20-14-10-9-13-19(20)29-22-18(27)15-17(21(28)31-22)23(33)32-26(4,5)16-11-7-6-8-12-16/h6-8,11-12,15,19-20H,9-10,13-14H2,1-5H3,(H,30,34)(H,32,33)(H3,28,29,31)/t19-,20+/m0/s1. The Labute approximate surface area is 206 Å². The van der Waals surface area contributed by atoms with Crippen molar-refractivity contribution in [3.63, 3.8) is 0 Å². The summed E-state index contributed by atoms with van der Waals surface area (Å²) in [5.74, 6) is -1.34. The predicted molar refractivity (Wildman–Crippen MR) is 135 cm³/mol. The number of benzene rings is 1. The largest absolute Gasteiger partial charge is 0.444 e. The summed E-state index contributed by atoms with van der Waals surface area (Å²) in [6, 6.07) is 10.1. The van der Waals surface area contributed by atoms with Crippen LogP contribution in [0.2, 0.25) is 0 Å². The zero-order valence-corrected chi connectivity index (χ0v) is 21.1. The van der Waals surface area contributed by atoms with Gasteiger partial charge in [0.25, 0.3) is 5.91 Å². The zero-order chi connectivity index (χ0) is 25.8. The number of ether oxygens (including phenoxy) is 1. The lowest BCUT2D eigenvalue weighted by molar-refractivity contribution is 0.0488. The van der Waals surface area contributed by atoms with Crippen LogP contribution < -0.4 is 21.7 Å². The van der Waals surface area contributed by atoms with Crippen LogP contribution in [0.1, 0.15) is 76.2 Å². The maximum absolute atomic E-state index is 15.0. The molecule has 8 nitrogen and oxygen atoms in total. The number of carbonyl (C=O) groups is 2. The molecule has 1 aliphatic carbocycles. The lowest BCUT2D eigenvalue weighted by Gasteiger charge is -2.34. The van der Waals surface area contributed by atoms with Gasteiger partial charge in [-0.15, -0.1) is 0 Å². The first-order chi connectivity index (χ1) is 16.4. The number of hydrogen-bond acceptors (Lipinski definition) is 6. The first-order valence-electron chi connectivity index (χ1n) is 12.0. The number of nitrogens with two attached hydrogens (primary N) is 1. The summed E-state index contributed by atoms with van der Waals surface area (Å²) in [5.41, 5.74) is 5.63. The van der Waals surface area contributed by atoms with Crippen LogP contribution in [0.3, 0.4) is 0 Å². The lowest BCUT2D eigenvalue weighted by Crippen LogP contribution is -2.50. The van der Waals surface area contributed by atoms with Gasteiger partial charge < -0.3 is 26.4 Å². The van der Waals surface area contributed by atoms with Crippen molar-refractivity contribution in [2.45, 2.75) is 83.5 Å². The van der Waals surface area contributed by atoms with Gasteiger partial charge in [-0.25, -0.2) is 14.2 Å². The van der Waals surface area contributed by atoms with Crippen molar-refractivity contribution >= 4 is 23.6 Å². The van der Waals surface area contributed by atoms with Crippen LogP contribution in [0.4, 0.5) is 20.8 Å². The number of carbonyl (C=O) groups excluding carboxylic acids is 2. The highest BCUT2D eigenvalue weighted by molar-refractivity contribution is 5.99. The third kappa shape index (κ3) is 7.07. The summed E-state index contributed by atoms with van der Waals surface area (Å²) in [6.45, 7) is 9.10. The van der Waals surface area contributed by atoms with Crippen LogP contribution in [0.5, 0.6) is 0 Å². The van der Waals surface area contributed by atoms with E-state index in [0.29, 0.717) is 0 Å². The summed E-state index contributed by atoms with van der Waals surface area (Å²) in [4.78, 5) is 29.3. The number of nitrogens with one attached hydrogen (secondary N) is 3. The summed E-state index contributed by atoms with van der Waals surface area (Å²) >= 11 is 0. The van der Waals surface area contributed by atoms with E-state index in [-0.39, 0.29) is 29.3 Å². The molecule has 0 bridgehead atoms.